The van der Waals surface area contributed by atoms with Gasteiger partial charge in [-0.05, 0) is 24.6 Å². The molecule has 3 aromatic carbocycles. The Balaban J connectivity index is 1.64. The van der Waals surface area contributed by atoms with Crippen molar-refractivity contribution in [1.29, 1.82) is 0 Å². The summed E-state index contributed by atoms with van der Waals surface area (Å²) in [5.74, 6) is 0.954. The zero-order chi connectivity index (χ0) is 22.3. The van der Waals surface area contributed by atoms with Crippen molar-refractivity contribution in [3.63, 3.8) is 0 Å². The molecule has 0 atom stereocenters. The van der Waals surface area contributed by atoms with Gasteiger partial charge in [-0.2, -0.15) is 5.10 Å². The Kier molecular flexibility index (Phi) is 6.51. The van der Waals surface area contributed by atoms with E-state index in [9.17, 15) is 4.79 Å². The SMILES string of the molecule is CCOc1ccc(NC(=O)c2cn(Cc3ccccc3)nc2-c2ccccc2)cc1OC. The minimum Gasteiger partial charge on any atom is -0.493 e. The Bertz CT molecular complexity index is 1190. The van der Waals surface area contributed by atoms with Gasteiger partial charge < -0.3 is 14.8 Å². The van der Waals surface area contributed by atoms with E-state index in [1.807, 2.05) is 67.6 Å². The van der Waals surface area contributed by atoms with Gasteiger partial charge in [0, 0.05) is 23.5 Å². The molecule has 1 aromatic heterocycles. The van der Waals surface area contributed by atoms with Crippen molar-refractivity contribution >= 4 is 11.6 Å². The number of aromatic nitrogens is 2. The van der Waals surface area contributed by atoms with Gasteiger partial charge in [0.05, 0.1) is 25.8 Å². The number of ether oxygens (including phenoxy) is 2. The first kappa shape index (κ1) is 21.2. The van der Waals surface area contributed by atoms with Gasteiger partial charge >= 0.3 is 0 Å². The minimum absolute atomic E-state index is 0.241. The molecule has 0 unspecified atom stereocenters. The van der Waals surface area contributed by atoms with E-state index >= 15 is 0 Å². The molecule has 32 heavy (non-hydrogen) atoms. The summed E-state index contributed by atoms with van der Waals surface area (Å²) in [6, 6.07) is 25.1. The van der Waals surface area contributed by atoms with Crippen LogP contribution in [-0.2, 0) is 6.54 Å². The molecule has 162 valence electrons. The summed E-state index contributed by atoms with van der Waals surface area (Å²) in [5.41, 5.74) is 3.74. The highest BCUT2D eigenvalue weighted by Crippen LogP contribution is 2.31. The Morgan fingerprint density at radius 1 is 0.969 bits per heavy atom. The Labute approximate surface area is 187 Å². The number of nitrogens with zero attached hydrogens (tertiary/aromatic N) is 2. The van der Waals surface area contributed by atoms with Gasteiger partial charge in [0.25, 0.3) is 5.91 Å². The summed E-state index contributed by atoms with van der Waals surface area (Å²) in [7, 11) is 1.57. The van der Waals surface area contributed by atoms with Gasteiger partial charge in [0.1, 0.15) is 5.69 Å². The number of nitrogens with one attached hydrogen (secondary N) is 1. The van der Waals surface area contributed by atoms with E-state index in [4.69, 9.17) is 14.6 Å². The van der Waals surface area contributed by atoms with Crippen LogP contribution in [-0.4, -0.2) is 29.4 Å². The zero-order valence-corrected chi connectivity index (χ0v) is 18.1. The van der Waals surface area contributed by atoms with Crippen LogP contribution in [0.25, 0.3) is 11.3 Å². The standard InChI is InChI=1S/C26H25N3O3/c1-3-32-23-15-14-21(16-24(23)31-2)27-26(30)22-18-29(17-19-10-6-4-7-11-19)28-25(22)20-12-8-5-9-13-20/h4-16,18H,3,17H2,1-2H3,(H,27,30). The van der Waals surface area contributed by atoms with Gasteiger partial charge in [-0.3, -0.25) is 9.48 Å². The van der Waals surface area contributed by atoms with Gasteiger partial charge in [-0.25, -0.2) is 0 Å². The summed E-state index contributed by atoms with van der Waals surface area (Å²) in [6.07, 6.45) is 1.79. The van der Waals surface area contributed by atoms with Gasteiger partial charge in [-0.1, -0.05) is 60.7 Å². The lowest BCUT2D eigenvalue weighted by Gasteiger charge is -2.11. The van der Waals surface area contributed by atoms with Gasteiger partial charge in [0.2, 0.25) is 0 Å². The van der Waals surface area contributed by atoms with E-state index < -0.39 is 0 Å². The van der Waals surface area contributed by atoms with Crippen LogP contribution in [0, 0.1) is 0 Å². The highest BCUT2D eigenvalue weighted by atomic mass is 16.5. The number of anilines is 1. The fraction of sp³-hybridized carbons (Fsp3) is 0.154. The molecule has 1 heterocycles. The van der Waals surface area contributed by atoms with Crippen molar-refractivity contribution in [2.45, 2.75) is 13.5 Å². The fourth-order valence-electron chi connectivity index (χ4n) is 3.47. The van der Waals surface area contributed by atoms with E-state index in [1.165, 1.54) is 0 Å². The molecule has 6 nitrogen and oxygen atoms in total. The second kappa shape index (κ2) is 9.83. The van der Waals surface area contributed by atoms with E-state index in [1.54, 1.807) is 36.2 Å². The Hall–Kier alpha value is -4.06. The van der Waals surface area contributed by atoms with Gasteiger partial charge in [-0.15, -0.1) is 0 Å². The van der Waals surface area contributed by atoms with Crippen LogP contribution in [0.15, 0.2) is 85.1 Å². The zero-order valence-electron chi connectivity index (χ0n) is 18.1. The largest absolute Gasteiger partial charge is 0.493 e. The highest BCUT2D eigenvalue weighted by Gasteiger charge is 2.19. The minimum atomic E-state index is -0.241. The average molecular weight is 428 g/mol. The normalized spacial score (nSPS) is 10.6. The third kappa shape index (κ3) is 4.81. The Morgan fingerprint density at radius 2 is 1.69 bits per heavy atom. The average Bonchev–Trinajstić information content (AvgIpc) is 3.25. The summed E-state index contributed by atoms with van der Waals surface area (Å²) < 4.78 is 12.8. The fourth-order valence-corrected chi connectivity index (χ4v) is 3.47. The molecule has 0 fully saturated rings. The number of hydrogen-bond acceptors (Lipinski definition) is 4. The molecule has 1 N–H and O–H groups in total. The number of methoxy groups -OCH3 is 1. The van der Waals surface area contributed by atoms with E-state index in [0.717, 1.165) is 11.1 Å². The first-order valence-electron chi connectivity index (χ1n) is 10.5. The molecular formula is C26H25N3O3. The molecule has 4 rings (SSSR count). The molecule has 0 radical (unpaired) electrons. The maximum absolute atomic E-state index is 13.2. The molecule has 0 spiro atoms. The van der Waals surface area contributed by atoms with Crippen LogP contribution >= 0.6 is 0 Å². The highest BCUT2D eigenvalue weighted by molar-refractivity contribution is 6.08. The topological polar surface area (TPSA) is 65.4 Å². The number of carbonyl (C=O) groups is 1. The maximum atomic E-state index is 13.2. The van der Waals surface area contributed by atoms with E-state index in [2.05, 4.69) is 5.32 Å². The van der Waals surface area contributed by atoms with Crippen molar-refractivity contribution in [2.75, 3.05) is 19.0 Å². The molecule has 0 aliphatic heterocycles. The molecule has 6 heteroatoms. The van der Waals surface area contributed by atoms with Crippen LogP contribution in [0.4, 0.5) is 5.69 Å². The predicted octanol–water partition coefficient (Wildman–Crippen LogP) is 5.26. The van der Waals surface area contributed by atoms with Crippen molar-refractivity contribution in [3.05, 3.63) is 96.2 Å². The molecule has 0 aliphatic carbocycles. The summed E-state index contributed by atoms with van der Waals surface area (Å²) >= 11 is 0. The quantitative estimate of drug-likeness (QED) is 0.417. The monoisotopic (exact) mass is 427 g/mol. The molecule has 0 bridgehead atoms. The number of hydrogen-bond donors (Lipinski definition) is 1. The number of carbonyl (C=O) groups excluding carboxylic acids is 1. The van der Waals surface area contributed by atoms with Crippen LogP contribution in [0.2, 0.25) is 0 Å². The third-order valence-corrected chi connectivity index (χ3v) is 4.96. The number of rotatable bonds is 8. The lowest BCUT2D eigenvalue weighted by Crippen LogP contribution is -2.12. The molecule has 0 aliphatic rings. The van der Waals surface area contributed by atoms with Crippen molar-refractivity contribution in [2.24, 2.45) is 0 Å². The number of amides is 1. The summed E-state index contributed by atoms with van der Waals surface area (Å²) in [4.78, 5) is 13.2. The second-order valence-electron chi connectivity index (χ2n) is 7.19. The van der Waals surface area contributed by atoms with Crippen LogP contribution in [0.3, 0.4) is 0 Å². The van der Waals surface area contributed by atoms with Gasteiger partial charge in [0.15, 0.2) is 11.5 Å². The first-order valence-corrected chi connectivity index (χ1v) is 10.5. The molecule has 4 aromatic rings. The van der Waals surface area contributed by atoms with Crippen LogP contribution in [0.5, 0.6) is 11.5 Å². The van der Waals surface area contributed by atoms with Crippen molar-refractivity contribution in [3.8, 4) is 22.8 Å². The lowest BCUT2D eigenvalue weighted by atomic mass is 10.1. The lowest BCUT2D eigenvalue weighted by molar-refractivity contribution is 0.102. The molecular weight excluding hydrogens is 402 g/mol. The van der Waals surface area contributed by atoms with E-state index in [-0.39, 0.29) is 5.91 Å². The predicted molar refractivity (Wildman–Crippen MR) is 125 cm³/mol. The molecule has 0 saturated heterocycles. The summed E-state index contributed by atoms with van der Waals surface area (Å²) in [6.45, 7) is 3.02. The van der Waals surface area contributed by atoms with Crippen LogP contribution in [0.1, 0.15) is 22.8 Å². The number of benzene rings is 3. The summed E-state index contributed by atoms with van der Waals surface area (Å²) in [5, 5.41) is 7.68. The Morgan fingerprint density at radius 3 is 2.38 bits per heavy atom. The smallest absolute Gasteiger partial charge is 0.259 e. The van der Waals surface area contributed by atoms with Crippen molar-refractivity contribution < 1.29 is 14.3 Å². The molecule has 0 saturated carbocycles. The van der Waals surface area contributed by atoms with Crippen LogP contribution < -0.4 is 14.8 Å². The van der Waals surface area contributed by atoms with E-state index in [0.29, 0.717) is 41.6 Å². The third-order valence-electron chi connectivity index (χ3n) is 4.96. The molecule has 1 amide bonds. The second-order valence-corrected chi connectivity index (χ2v) is 7.19. The van der Waals surface area contributed by atoms with Crippen molar-refractivity contribution in [1.82, 2.24) is 9.78 Å². The first-order chi connectivity index (χ1) is 15.7. The maximum Gasteiger partial charge on any atom is 0.259 e.